The van der Waals surface area contributed by atoms with E-state index in [9.17, 15) is 9.59 Å². The van der Waals surface area contributed by atoms with Gasteiger partial charge in [-0.25, -0.2) is 4.79 Å². The van der Waals surface area contributed by atoms with Gasteiger partial charge in [-0.3, -0.25) is 4.79 Å². The summed E-state index contributed by atoms with van der Waals surface area (Å²) >= 11 is 0. The van der Waals surface area contributed by atoms with Crippen LogP contribution < -0.4 is 10.1 Å². The lowest BCUT2D eigenvalue weighted by Crippen LogP contribution is -2.15. The van der Waals surface area contributed by atoms with Gasteiger partial charge in [0.25, 0.3) is 0 Å². The zero-order valence-corrected chi connectivity index (χ0v) is 15.5. The first-order valence-electron chi connectivity index (χ1n) is 8.76. The minimum atomic E-state index is -0.355. The highest BCUT2D eigenvalue weighted by Crippen LogP contribution is 2.19. The van der Waals surface area contributed by atoms with E-state index in [1.165, 1.54) is 0 Å². The molecule has 0 aliphatic carbocycles. The second-order valence-electron chi connectivity index (χ2n) is 6.13. The Labute approximate surface area is 154 Å². The maximum Gasteiger partial charge on any atom is 0.338 e. The molecule has 0 aliphatic rings. The zero-order valence-electron chi connectivity index (χ0n) is 15.5. The van der Waals surface area contributed by atoms with Crippen molar-refractivity contribution in [3.05, 3.63) is 59.2 Å². The second kappa shape index (κ2) is 9.61. The first kappa shape index (κ1) is 19.5. The van der Waals surface area contributed by atoms with Crippen LogP contribution in [0.2, 0.25) is 0 Å². The van der Waals surface area contributed by atoms with Crippen molar-refractivity contribution in [1.29, 1.82) is 0 Å². The lowest BCUT2D eigenvalue weighted by atomic mass is 10.1. The van der Waals surface area contributed by atoms with Crippen LogP contribution in [0.15, 0.2) is 42.5 Å². The minimum Gasteiger partial charge on any atom is -0.493 e. The fraction of sp³-hybridized carbons (Fsp3) is 0.333. The van der Waals surface area contributed by atoms with Gasteiger partial charge in [-0.1, -0.05) is 19.1 Å². The summed E-state index contributed by atoms with van der Waals surface area (Å²) in [6.07, 6.45) is 1.03. The smallest absolute Gasteiger partial charge is 0.338 e. The molecule has 1 N–H and O–H groups in total. The number of nitrogens with one attached hydrogen (secondary N) is 1. The van der Waals surface area contributed by atoms with Crippen molar-refractivity contribution in [3.63, 3.8) is 0 Å². The van der Waals surface area contributed by atoms with Crippen LogP contribution >= 0.6 is 0 Å². The van der Waals surface area contributed by atoms with Gasteiger partial charge in [-0.2, -0.15) is 0 Å². The van der Waals surface area contributed by atoms with Gasteiger partial charge < -0.3 is 14.8 Å². The molecule has 0 unspecified atom stereocenters. The molecular weight excluding hydrogens is 330 g/mol. The highest BCUT2D eigenvalue weighted by molar-refractivity contribution is 5.93. The van der Waals surface area contributed by atoms with E-state index in [1.807, 2.05) is 39.0 Å². The molecule has 0 radical (unpaired) electrons. The van der Waals surface area contributed by atoms with Crippen molar-refractivity contribution in [1.82, 2.24) is 0 Å². The fourth-order valence-corrected chi connectivity index (χ4v) is 2.31. The molecule has 2 aromatic carbocycles. The Hall–Kier alpha value is -2.82. The lowest BCUT2D eigenvalue weighted by Gasteiger charge is -2.10. The number of anilines is 1. The van der Waals surface area contributed by atoms with Crippen molar-refractivity contribution >= 4 is 17.6 Å². The average Bonchev–Trinajstić information content (AvgIpc) is 2.63. The molecule has 0 aliphatic heterocycles. The Bertz CT molecular complexity index is 753. The Balaban J connectivity index is 1.80. The molecule has 0 spiro atoms. The molecule has 0 saturated heterocycles. The van der Waals surface area contributed by atoms with Crippen molar-refractivity contribution in [2.24, 2.45) is 0 Å². The summed E-state index contributed by atoms with van der Waals surface area (Å²) in [5, 5.41) is 2.79. The van der Waals surface area contributed by atoms with E-state index >= 15 is 0 Å². The van der Waals surface area contributed by atoms with E-state index in [1.54, 1.807) is 24.3 Å². The van der Waals surface area contributed by atoms with Gasteiger partial charge in [0.2, 0.25) is 5.91 Å². The van der Waals surface area contributed by atoms with E-state index in [-0.39, 0.29) is 18.3 Å². The molecule has 138 valence electrons. The largest absolute Gasteiger partial charge is 0.493 e. The number of hydrogen-bond acceptors (Lipinski definition) is 4. The van der Waals surface area contributed by atoms with Gasteiger partial charge in [0.05, 0.1) is 25.2 Å². The van der Waals surface area contributed by atoms with Crippen LogP contribution in [0.25, 0.3) is 0 Å². The van der Waals surface area contributed by atoms with Gasteiger partial charge in [-0.15, -0.1) is 0 Å². The highest BCUT2D eigenvalue weighted by Gasteiger charge is 2.08. The first-order valence-corrected chi connectivity index (χ1v) is 8.76. The van der Waals surface area contributed by atoms with E-state index in [2.05, 4.69) is 5.32 Å². The Morgan fingerprint density at radius 3 is 2.42 bits per heavy atom. The predicted molar refractivity (Wildman–Crippen MR) is 102 cm³/mol. The lowest BCUT2D eigenvalue weighted by molar-refractivity contribution is -0.116. The molecule has 2 aromatic rings. The Morgan fingerprint density at radius 1 is 1.00 bits per heavy atom. The summed E-state index contributed by atoms with van der Waals surface area (Å²) in [7, 11) is 0. The summed E-state index contributed by atoms with van der Waals surface area (Å²) in [5.74, 6) is 0.302. The molecule has 0 bridgehead atoms. The number of benzene rings is 2. The number of ether oxygens (including phenoxy) is 2. The third-order valence-electron chi connectivity index (χ3n) is 3.77. The first-order chi connectivity index (χ1) is 12.5. The van der Waals surface area contributed by atoms with Crippen LogP contribution in [0.4, 0.5) is 5.69 Å². The van der Waals surface area contributed by atoms with Crippen LogP contribution in [0.3, 0.4) is 0 Å². The minimum absolute atomic E-state index is 0.142. The summed E-state index contributed by atoms with van der Waals surface area (Å²) < 4.78 is 10.8. The van der Waals surface area contributed by atoms with Gasteiger partial charge in [0.1, 0.15) is 5.75 Å². The van der Waals surface area contributed by atoms with Crippen molar-refractivity contribution in [3.8, 4) is 5.75 Å². The normalized spacial score (nSPS) is 10.3. The molecule has 0 atom stereocenters. The van der Waals surface area contributed by atoms with Crippen LogP contribution in [0.5, 0.6) is 5.75 Å². The number of esters is 1. The number of aryl methyl sites for hydroxylation is 2. The molecule has 0 heterocycles. The number of hydrogen-bond donors (Lipinski definition) is 1. The van der Waals surface area contributed by atoms with Crippen LogP contribution in [-0.2, 0) is 9.53 Å². The molecule has 5 nitrogen and oxygen atoms in total. The third-order valence-corrected chi connectivity index (χ3v) is 3.77. The van der Waals surface area contributed by atoms with Crippen molar-refractivity contribution in [2.45, 2.75) is 33.6 Å². The van der Waals surface area contributed by atoms with Crippen LogP contribution in [0, 0.1) is 13.8 Å². The molecule has 2 rings (SSSR count). The standard InChI is InChI=1S/C21H25NO4/c1-4-12-26-21(24)17-7-9-18(10-8-17)22-20(23)11-13-25-19-14-15(2)5-6-16(19)3/h5-10,14H,4,11-13H2,1-3H3,(H,22,23). The average molecular weight is 355 g/mol. The SMILES string of the molecule is CCCOC(=O)c1ccc(NC(=O)CCOc2cc(C)ccc2C)cc1. The maximum absolute atomic E-state index is 12.0. The second-order valence-corrected chi connectivity index (χ2v) is 6.13. The summed E-state index contributed by atoms with van der Waals surface area (Å²) in [4.78, 5) is 23.8. The number of rotatable bonds is 8. The van der Waals surface area contributed by atoms with Gasteiger partial charge in [0, 0.05) is 5.69 Å². The van der Waals surface area contributed by atoms with Gasteiger partial charge in [0.15, 0.2) is 0 Å². The predicted octanol–water partition coefficient (Wildman–Crippen LogP) is 4.28. The molecule has 0 fully saturated rings. The van der Waals surface area contributed by atoms with E-state index in [0.717, 1.165) is 23.3 Å². The summed E-state index contributed by atoms with van der Waals surface area (Å²) in [6.45, 7) is 6.62. The molecule has 0 saturated carbocycles. The molecule has 0 aromatic heterocycles. The maximum atomic E-state index is 12.0. The van der Waals surface area contributed by atoms with Gasteiger partial charge in [-0.05, 0) is 61.7 Å². The van der Waals surface area contributed by atoms with E-state index < -0.39 is 0 Å². The fourth-order valence-electron chi connectivity index (χ4n) is 2.31. The van der Waals surface area contributed by atoms with Crippen molar-refractivity contribution in [2.75, 3.05) is 18.5 Å². The van der Waals surface area contributed by atoms with Crippen molar-refractivity contribution < 1.29 is 19.1 Å². The van der Waals surface area contributed by atoms with Crippen LogP contribution in [-0.4, -0.2) is 25.1 Å². The molecule has 5 heteroatoms. The number of carbonyl (C=O) groups excluding carboxylic acids is 2. The van der Waals surface area contributed by atoms with E-state index in [0.29, 0.717) is 24.5 Å². The van der Waals surface area contributed by atoms with Gasteiger partial charge >= 0.3 is 5.97 Å². The summed E-state index contributed by atoms with van der Waals surface area (Å²) in [5.41, 5.74) is 3.26. The summed E-state index contributed by atoms with van der Waals surface area (Å²) in [6, 6.07) is 12.6. The third kappa shape index (κ3) is 5.92. The molecule has 26 heavy (non-hydrogen) atoms. The Kier molecular flexibility index (Phi) is 7.21. The monoisotopic (exact) mass is 355 g/mol. The Morgan fingerprint density at radius 2 is 1.73 bits per heavy atom. The number of carbonyl (C=O) groups is 2. The molecule has 1 amide bonds. The van der Waals surface area contributed by atoms with Crippen LogP contribution in [0.1, 0.15) is 41.3 Å². The topological polar surface area (TPSA) is 64.6 Å². The zero-order chi connectivity index (χ0) is 18.9. The van der Waals surface area contributed by atoms with E-state index in [4.69, 9.17) is 9.47 Å². The molecular formula is C21H25NO4. The number of amides is 1. The highest BCUT2D eigenvalue weighted by atomic mass is 16.5. The quantitative estimate of drug-likeness (QED) is 0.718.